The number of rotatable bonds is 10. The summed E-state index contributed by atoms with van der Waals surface area (Å²) in [5, 5.41) is 23.6. The Kier molecular flexibility index (Phi) is 7.24. The maximum absolute atomic E-state index is 12.9. The van der Waals surface area contributed by atoms with E-state index < -0.39 is 41.8 Å². The van der Waals surface area contributed by atoms with Gasteiger partial charge in [-0.3, -0.25) is 14.4 Å². The van der Waals surface area contributed by atoms with Crippen molar-refractivity contribution in [2.75, 3.05) is 0 Å². The van der Waals surface area contributed by atoms with E-state index in [1.165, 1.54) is 0 Å². The van der Waals surface area contributed by atoms with Gasteiger partial charge in [-0.1, -0.05) is 37.6 Å². The zero-order valence-electron chi connectivity index (χ0n) is 16.3. The van der Waals surface area contributed by atoms with E-state index in [1.807, 2.05) is 0 Å². The van der Waals surface area contributed by atoms with Crippen LogP contribution < -0.4 is 10.6 Å². The van der Waals surface area contributed by atoms with Gasteiger partial charge in [-0.25, -0.2) is 4.79 Å². The standard InChI is InChI=1S/C20H25ClN2O6/c1-11(2)16(17(26)22-14(18(27)28)7-8-15(24)25)23-19(29)20(9-10-20)12-3-5-13(21)6-4-12/h3-6,11,14,16H,7-10H2,1-2H3,(H,22,26)(H,23,29)(H,24,25)(H,27,28)/t14-,16+/m1/s1. The first-order chi connectivity index (χ1) is 13.6. The van der Waals surface area contributed by atoms with Crippen molar-refractivity contribution in [1.82, 2.24) is 10.6 Å². The number of halogens is 1. The van der Waals surface area contributed by atoms with Crippen LogP contribution in [0.3, 0.4) is 0 Å². The third-order valence-corrected chi connectivity index (χ3v) is 5.33. The van der Waals surface area contributed by atoms with Gasteiger partial charge in [0.25, 0.3) is 0 Å². The SMILES string of the molecule is CC(C)[C@H](NC(=O)C1(c2ccc(Cl)cc2)CC1)C(=O)N[C@H](CCC(=O)O)C(=O)O. The highest BCUT2D eigenvalue weighted by Gasteiger charge is 2.52. The van der Waals surface area contributed by atoms with Crippen LogP contribution in [0, 0.1) is 5.92 Å². The zero-order valence-corrected chi connectivity index (χ0v) is 17.0. The number of aliphatic carboxylic acids is 2. The molecule has 0 saturated heterocycles. The summed E-state index contributed by atoms with van der Waals surface area (Å²) >= 11 is 5.91. The van der Waals surface area contributed by atoms with E-state index in [9.17, 15) is 24.3 Å². The van der Waals surface area contributed by atoms with E-state index in [-0.39, 0.29) is 18.2 Å². The molecule has 0 aliphatic heterocycles. The molecule has 0 spiro atoms. The van der Waals surface area contributed by atoms with Gasteiger partial charge in [0, 0.05) is 11.4 Å². The third-order valence-electron chi connectivity index (χ3n) is 5.08. The quantitative estimate of drug-likeness (QED) is 0.453. The smallest absolute Gasteiger partial charge is 0.326 e. The van der Waals surface area contributed by atoms with Crippen molar-refractivity contribution in [3.8, 4) is 0 Å². The Labute approximate surface area is 173 Å². The highest BCUT2D eigenvalue weighted by molar-refractivity contribution is 6.30. The minimum atomic E-state index is -1.34. The molecule has 0 heterocycles. The summed E-state index contributed by atoms with van der Waals surface area (Å²) < 4.78 is 0. The predicted octanol–water partition coefficient (Wildman–Crippen LogP) is 1.95. The molecule has 0 unspecified atom stereocenters. The second-order valence-electron chi connectivity index (χ2n) is 7.62. The van der Waals surface area contributed by atoms with Crippen molar-refractivity contribution in [3.63, 3.8) is 0 Å². The Bertz CT molecular complexity index is 789. The maximum Gasteiger partial charge on any atom is 0.326 e. The summed E-state index contributed by atoms with van der Waals surface area (Å²) in [7, 11) is 0. The van der Waals surface area contributed by atoms with E-state index in [4.69, 9.17) is 16.7 Å². The van der Waals surface area contributed by atoms with Gasteiger partial charge in [0.1, 0.15) is 12.1 Å². The molecule has 1 saturated carbocycles. The molecule has 0 aromatic heterocycles. The number of hydrogen-bond acceptors (Lipinski definition) is 4. The topological polar surface area (TPSA) is 133 Å². The summed E-state index contributed by atoms with van der Waals surface area (Å²) in [4.78, 5) is 47.6. The van der Waals surface area contributed by atoms with Crippen LogP contribution in [0.15, 0.2) is 24.3 Å². The first-order valence-corrected chi connectivity index (χ1v) is 9.76. The zero-order chi connectivity index (χ0) is 21.8. The molecule has 8 nitrogen and oxygen atoms in total. The number of carbonyl (C=O) groups excluding carboxylic acids is 2. The first-order valence-electron chi connectivity index (χ1n) is 9.39. The summed E-state index contributed by atoms with van der Waals surface area (Å²) in [6.45, 7) is 3.47. The molecular formula is C20H25ClN2O6. The van der Waals surface area contributed by atoms with Crippen molar-refractivity contribution in [1.29, 1.82) is 0 Å². The van der Waals surface area contributed by atoms with Gasteiger partial charge in [0.05, 0.1) is 5.41 Å². The minimum Gasteiger partial charge on any atom is -0.481 e. The maximum atomic E-state index is 12.9. The Morgan fingerprint density at radius 2 is 1.66 bits per heavy atom. The number of nitrogens with one attached hydrogen (secondary N) is 2. The van der Waals surface area contributed by atoms with Crippen molar-refractivity contribution in [3.05, 3.63) is 34.9 Å². The largest absolute Gasteiger partial charge is 0.481 e. The van der Waals surface area contributed by atoms with E-state index >= 15 is 0 Å². The molecule has 2 atom stereocenters. The van der Waals surface area contributed by atoms with Crippen molar-refractivity contribution in [2.24, 2.45) is 5.92 Å². The average Bonchev–Trinajstić information content (AvgIpc) is 3.44. The molecule has 158 valence electrons. The monoisotopic (exact) mass is 424 g/mol. The normalized spacial score (nSPS) is 16.6. The average molecular weight is 425 g/mol. The fourth-order valence-electron chi connectivity index (χ4n) is 3.14. The Hall–Kier alpha value is -2.61. The van der Waals surface area contributed by atoms with Crippen molar-refractivity contribution >= 4 is 35.4 Å². The molecule has 0 bridgehead atoms. The second kappa shape index (κ2) is 9.26. The molecule has 29 heavy (non-hydrogen) atoms. The summed E-state index contributed by atoms with van der Waals surface area (Å²) in [6.07, 6.45) is 0.645. The minimum absolute atomic E-state index is 0.246. The second-order valence-corrected chi connectivity index (χ2v) is 8.05. The first kappa shape index (κ1) is 22.7. The van der Waals surface area contributed by atoms with Crippen LogP contribution in [0.5, 0.6) is 0 Å². The number of carboxylic acids is 2. The number of amides is 2. The van der Waals surface area contributed by atoms with E-state index in [0.29, 0.717) is 17.9 Å². The van der Waals surface area contributed by atoms with Gasteiger partial charge in [-0.05, 0) is 42.9 Å². The van der Waals surface area contributed by atoms with Crippen molar-refractivity contribution in [2.45, 2.75) is 57.0 Å². The lowest BCUT2D eigenvalue weighted by atomic mass is 9.93. The van der Waals surface area contributed by atoms with Crippen LogP contribution in [0.4, 0.5) is 0 Å². The molecule has 1 aliphatic carbocycles. The molecule has 0 radical (unpaired) electrons. The lowest BCUT2D eigenvalue weighted by Gasteiger charge is -2.26. The molecule has 1 aromatic rings. The van der Waals surface area contributed by atoms with Gasteiger partial charge < -0.3 is 20.8 Å². The Balaban J connectivity index is 2.09. The van der Waals surface area contributed by atoms with Crippen LogP contribution in [0.1, 0.15) is 45.1 Å². The lowest BCUT2D eigenvalue weighted by molar-refractivity contribution is -0.143. The van der Waals surface area contributed by atoms with E-state index in [0.717, 1.165) is 5.56 Å². The van der Waals surface area contributed by atoms with E-state index in [1.54, 1.807) is 38.1 Å². The summed E-state index contributed by atoms with van der Waals surface area (Å²) in [5.41, 5.74) is 0.0974. The van der Waals surface area contributed by atoms with Gasteiger partial charge in [-0.15, -0.1) is 0 Å². The summed E-state index contributed by atoms with van der Waals surface area (Å²) in [5.74, 6) is -3.73. The van der Waals surface area contributed by atoms with Crippen LogP contribution in [-0.4, -0.2) is 46.0 Å². The highest BCUT2D eigenvalue weighted by atomic mass is 35.5. The van der Waals surface area contributed by atoms with Gasteiger partial charge >= 0.3 is 11.9 Å². The molecule has 1 aliphatic rings. The predicted molar refractivity (Wildman–Crippen MR) is 106 cm³/mol. The molecule has 2 amide bonds. The molecule has 1 aromatic carbocycles. The molecule has 1 fully saturated rings. The summed E-state index contributed by atoms with van der Waals surface area (Å²) in [6, 6.07) is 4.69. The van der Waals surface area contributed by atoms with Gasteiger partial charge in [-0.2, -0.15) is 0 Å². The highest BCUT2D eigenvalue weighted by Crippen LogP contribution is 2.48. The molecule has 9 heteroatoms. The fourth-order valence-corrected chi connectivity index (χ4v) is 3.27. The number of carbonyl (C=O) groups is 4. The number of carboxylic acid groups (broad SMARTS) is 2. The van der Waals surface area contributed by atoms with E-state index in [2.05, 4.69) is 10.6 Å². The van der Waals surface area contributed by atoms with Crippen LogP contribution >= 0.6 is 11.6 Å². The Morgan fingerprint density at radius 1 is 1.07 bits per heavy atom. The van der Waals surface area contributed by atoms with Gasteiger partial charge in [0.15, 0.2) is 0 Å². The number of hydrogen-bond donors (Lipinski definition) is 4. The third kappa shape index (κ3) is 5.69. The van der Waals surface area contributed by atoms with Crippen LogP contribution in [-0.2, 0) is 24.6 Å². The van der Waals surface area contributed by atoms with Crippen LogP contribution in [0.25, 0.3) is 0 Å². The Morgan fingerprint density at radius 3 is 2.10 bits per heavy atom. The van der Waals surface area contributed by atoms with Crippen LogP contribution in [0.2, 0.25) is 5.02 Å². The van der Waals surface area contributed by atoms with Crippen molar-refractivity contribution < 1.29 is 29.4 Å². The molecular weight excluding hydrogens is 400 g/mol. The lowest BCUT2D eigenvalue weighted by Crippen LogP contribution is -2.55. The number of benzene rings is 1. The molecule has 4 N–H and O–H groups in total. The fraction of sp³-hybridized carbons (Fsp3) is 0.500. The van der Waals surface area contributed by atoms with Gasteiger partial charge in [0.2, 0.25) is 11.8 Å². The molecule has 2 rings (SSSR count).